The predicted molar refractivity (Wildman–Crippen MR) is 46.4 cm³/mol. The fraction of sp³-hybridized carbons (Fsp3) is 0.222. The largest absolute Gasteiger partial charge is 0.323 e. The number of aromatic amines is 1. The zero-order chi connectivity index (χ0) is 8.10. The summed E-state index contributed by atoms with van der Waals surface area (Å²) in [6.45, 7) is 2.05. The molecule has 1 heterocycles. The molecule has 0 saturated heterocycles. The summed E-state index contributed by atoms with van der Waals surface area (Å²) in [4.78, 5) is 13.5. The summed E-state index contributed by atoms with van der Waals surface area (Å²) in [5, 5.41) is 0. The smallest absolute Gasteiger partial charge is 0.248 e. The Balaban J connectivity index is 2.88. The Morgan fingerprint density at radius 1 is 1.55 bits per heavy atom. The summed E-state index contributed by atoms with van der Waals surface area (Å²) in [5.41, 5.74) is 0.808. The van der Waals surface area contributed by atoms with E-state index in [1.54, 1.807) is 6.07 Å². The van der Waals surface area contributed by atoms with Crippen molar-refractivity contribution < 1.29 is 0 Å². The van der Waals surface area contributed by atoms with E-state index in [9.17, 15) is 4.79 Å². The van der Waals surface area contributed by atoms with Crippen LogP contribution in [0.2, 0.25) is 0 Å². The van der Waals surface area contributed by atoms with Crippen LogP contribution in [0.25, 0.3) is 6.08 Å². The zero-order valence-corrected chi connectivity index (χ0v) is 6.50. The molecule has 0 atom stereocenters. The van der Waals surface area contributed by atoms with Crippen LogP contribution in [0.4, 0.5) is 0 Å². The molecule has 1 aromatic heterocycles. The van der Waals surface area contributed by atoms with Gasteiger partial charge in [-0.05, 0) is 18.6 Å². The van der Waals surface area contributed by atoms with Crippen molar-refractivity contribution >= 4 is 6.08 Å². The van der Waals surface area contributed by atoms with E-state index in [2.05, 4.69) is 11.9 Å². The third-order valence-corrected chi connectivity index (χ3v) is 1.32. The van der Waals surface area contributed by atoms with Crippen LogP contribution in [0.3, 0.4) is 0 Å². The summed E-state index contributed by atoms with van der Waals surface area (Å²) in [5.74, 6) is 0. The minimum Gasteiger partial charge on any atom is -0.323 e. The first-order valence-corrected chi connectivity index (χ1v) is 3.69. The monoisotopic (exact) mass is 149 g/mol. The minimum absolute atomic E-state index is 0.0525. The average molecular weight is 149 g/mol. The Hall–Kier alpha value is -1.31. The van der Waals surface area contributed by atoms with Crippen LogP contribution >= 0.6 is 0 Å². The second-order valence-corrected chi connectivity index (χ2v) is 2.28. The van der Waals surface area contributed by atoms with E-state index in [-0.39, 0.29) is 5.56 Å². The van der Waals surface area contributed by atoms with Gasteiger partial charge in [-0.15, -0.1) is 0 Å². The molecule has 0 aliphatic carbocycles. The number of allylic oxidation sites excluding steroid dienone is 1. The normalized spacial score (nSPS) is 10.6. The summed E-state index contributed by atoms with van der Waals surface area (Å²) < 4.78 is 0. The number of hydrogen-bond acceptors (Lipinski definition) is 1. The van der Waals surface area contributed by atoms with Crippen molar-refractivity contribution in [1.82, 2.24) is 4.98 Å². The lowest BCUT2D eigenvalue weighted by Crippen LogP contribution is -2.03. The second-order valence-electron chi connectivity index (χ2n) is 2.28. The molecule has 0 aliphatic heterocycles. The van der Waals surface area contributed by atoms with Gasteiger partial charge in [0, 0.05) is 11.8 Å². The molecular formula is C9H11NO. The highest BCUT2D eigenvalue weighted by Crippen LogP contribution is 1.94. The molecule has 0 bridgehead atoms. The van der Waals surface area contributed by atoms with Crippen molar-refractivity contribution in [2.24, 2.45) is 0 Å². The number of pyridine rings is 1. The molecule has 0 fully saturated rings. The van der Waals surface area contributed by atoms with Crippen LogP contribution in [0.1, 0.15) is 19.0 Å². The molecule has 2 heteroatoms. The molecule has 2 nitrogen and oxygen atoms in total. The Labute approximate surface area is 65.6 Å². The van der Waals surface area contributed by atoms with Gasteiger partial charge < -0.3 is 4.98 Å². The van der Waals surface area contributed by atoms with Gasteiger partial charge in [0.15, 0.2) is 0 Å². The number of rotatable bonds is 2. The molecule has 11 heavy (non-hydrogen) atoms. The van der Waals surface area contributed by atoms with Gasteiger partial charge in [0.05, 0.1) is 0 Å². The lowest BCUT2D eigenvalue weighted by Gasteiger charge is -1.89. The lowest BCUT2D eigenvalue weighted by molar-refractivity contribution is 1.19. The fourth-order valence-electron chi connectivity index (χ4n) is 0.807. The number of nitrogens with one attached hydrogen (secondary N) is 1. The molecular weight excluding hydrogens is 138 g/mol. The third-order valence-electron chi connectivity index (χ3n) is 1.32. The zero-order valence-electron chi connectivity index (χ0n) is 6.50. The van der Waals surface area contributed by atoms with Gasteiger partial charge in [0.2, 0.25) is 5.56 Å². The Morgan fingerprint density at radius 2 is 2.36 bits per heavy atom. The van der Waals surface area contributed by atoms with E-state index in [0.29, 0.717) is 0 Å². The molecule has 0 amide bonds. The van der Waals surface area contributed by atoms with Gasteiger partial charge in [0.25, 0.3) is 0 Å². The van der Waals surface area contributed by atoms with Gasteiger partial charge in [-0.2, -0.15) is 0 Å². The lowest BCUT2D eigenvalue weighted by atomic mass is 10.3. The molecule has 0 aromatic carbocycles. The summed E-state index contributed by atoms with van der Waals surface area (Å²) in [6.07, 6.45) is 4.89. The Morgan fingerprint density at radius 3 is 3.00 bits per heavy atom. The first-order chi connectivity index (χ1) is 5.33. The van der Waals surface area contributed by atoms with Crippen LogP contribution in [0, 0.1) is 0 Å². The topological polar surface area (TPSA) is 32.9 Å². The molecule has 58 valence electrons. The van der Waals surface area contributed by atoms with Gasteiger partial charge in [0.1, 0.15) is 0 Å². The van der Waals surface area contributed by atoms with Crippen molar-refractivity contribution in [1.29, 1.82) is 0 Å². The molecule has 1 rings (SSSR count). The molecule has 0 radical (unpaired) electrons. The standard InChI is InChI=1S/C9H11NO/c1-2-3-5-8-6-4-7-9(11)10-8/h3-7H,2H2,1H3,(H,10,11)/b5-3+. The van der Waals surface area contributed by atoms with Crippen LogP contribution < -0.4 is 5.56 Å². The SMILES string of the molecule is CC/C=C/c1cccc(=O)[nH]1. The van der Waals surface area contributed by atoms with Crippen LogP contribution in [-0.2, 0) is 0 Å². The van der Waals surface area contributed by atoms with Gasteiger partial charge in [-0.3, -0.25) is 4.79 Å². The van der Waals surface area contributed by atoms with Gasteiger partial charge >= 0.3 is 0 Å². The number of H-pyrrole nitrogens is 1. The summed E-state index contributed by atoms with van der Waals surface area (Å²) in [6, 6.07) is 5.12. The first kappa shape index (κ1) is 7.79. The van der Waals surface area contributed by atoms with E-state index in [1.807, 2.05) is 18.2 Å². The van der Waals surface area contributed by atoms with Crippen molar-refractivity contribution in [2.45, 2.75) is 13.3 Å². The fourth-order valence-corrected chi connectivity index (χ4v) is 0.807. The molecule has 1 N–H and O–H groups in total. The van der Waals surface area contributed by atoms with E-state index < -0.39 is 0 Å². The highest BCUT2D eigenvalue weighted by Gasteiger charge is 1.84. The highest BCUT2D eigenvalue weighted by molar-refractivity contribution is 5.43. The summed E-state index contributed by atoms with van der Waals surface area (Å²) >= 11 is 0. The maximum Gasteiger partial charge on any atom is 0.248 e. The number of aromatic nitrogens is 1. The number of hydrogen-bond donors (Lipinski definition) is 1. The van der Waals surface area contributed by atoms with Gasteiger partial charge in [-0.25, -0.2) is 0 Å². The molecule has 0 spiro atoms. The van der Waals surface area contributed by atoms with E-state index in [1.165, 1.54) is 6.07 Å². The highest BCUT2D eigenvalue weighted by atomic mass is 16.1. The second kappa shape index (κ2) is 3.76. The quantitative estimate of drug-likeness (QED) is 0.683. The van der Waals surface area contributed by atoms with Crippen LogP contribution in [0.5, 0.6) is 0 Å². The molecule has 1 aromatic rings. The van der Waals surface area contributed by atoms with Crippen molar-refractivity contribution in [2.75, 3.05) is 0 Å². The maximum atomic E-state index is 10.8. The third kappa shape index (κ3) is 2.42. The van der Waals surface area contributed by atoms with Crippen molar-refractivity contribution in [3.05, 3.63) is 40.3 Å². The Kier molecular flexibility index (Phi) is 2.66. The summed E-state index contributed by atoms with van der Waals surface area (Å²) in [7, 11) is 0. The predicted octanol–water partition coefficient (Wildman–Crippen LogP) is 1.80. The Bertz CT molecular complexity index is 298. The van der Waals surface area contributed by atoms with Crippen molar-refractivity contribution in [3.63, 3.8) is 0 Å². The minimum atomic E-state index is -0.0525. The molecule has 0 aliphatic rings. The molecule has 0 saturated carbocycles. The van der Waals surface area contributed by atoms with Gasteiger partial charge in [-0.1, -0.05) is 19.1 Å². The van der Waals surface area contributed by atoms with E-state index >= 15 is 0 Å². The first-order valence-electron chi connectivity index (χ1n) is 3.69. The molecule has 0 unspecified atom stereocenters. The van der Waals surface area contributed by atoms with E-state index in [0.717, 1.165) is 12.1 Å². The van der Waals surface area contributed by atoms with Crippen molar-refractivity contribution in [3.8, 4) is 0 Å². The van der Waals surface area contributed by atoms with Crippen LogP contribution in [-0.4, -0.2) is 4.98 Å². The maximum absolute atomic E-state index is 10.8. The van der Waals surface area contributed by atoms with Crippen LogP contribution in [0.15, 0.2) is 29.1 Å². The average Bonchev–Trinajstić information content (AvgIpc) is 2.01. The van der Waals surface area contributed by atoms with E-state index in [4.69, 9.17) is 0 Å².